The van der Waals surface area contributed by atoms with Gasteiger partial charge in [-0.1, -0.05) is 39.7 Å². The van der Waals surface area contributed by atoms with Crippen LogP contribution in [0.4, 0.5) is 8.78 Å². The fourth-order valence-corrected chi connectivity index (χ4v) is 3.19. The van der Waals surface area contributed by atoms with Crippen molar-refractivity contribution in [3.63, 3.8) is 0 Å². The predicted molar refractivity (Wildman–Crippen MR) is 84.0 cm³/mol. The Morgan fingerprint density at radius 2 is 1.68 bits per heavy atom. The zero-order valence-electron chi connectivity index (χ0n) is 9.23. The van der Waals surface area contributed by atoms with Gasteiger partial charge in [0.15, 0.2) is 0 Å². The van der Waals surface area contributed by atoms with Crippen molar-refractivity contribution < 1.29 is 8.78 Å². The van der Waals surface area contributed by atoms with Gasteiger partial charge >= 0.3 is 0 Å². The van der Waals surface area contributed by atoms with Crippen molar-refractivity contribution in [2.24, 2.45) is 0 Å². The maximum absolute atomic E-state index is 14.0. The molecule has 0 saturated carbocycles. The molecule has 0 radical (unpaired) electrons. The van der Waals surface area contributed by atoms with Gasteiger partial charge in [0.25, 0.3) is 0 Å². The van der Waals surface area contributed by atoms with Crippen molar-refractivity contribution in [2.45, 2.75) is 4.83 Å². The molecule has 0 bridgehead atoms. The van der Waals surface area contributed by atoms with Gasteiger partial charge in [0.2, 0.25) is 0 Å². The highest BCUT2D eigenvalue weighted by atomic mass is 79.9. The van der Waals surface area contributed by atoms with Crippen LogP contribution in [-0.2, 0) is 0 Å². The molecule has 0 saturated heterocycles. The van der Waals surface area contributed by atoms with Gasteiger partial charge in [0.05, 0.1) is 14.3 Å². The van der Waals surface area contributed by atoms with Crippen LogP contribution >= 0.6 is 59.4 Å². The Morgan fingerprint density at radius 1 is 1.00 bits per heavy atom. The van der Waals surface area contributed by atoms with Crippen LogP contribution in [0.2, 0.25) is 5.02 Å². The summed E-state index contributed by atoms with van der Waals surface area (Å²) >= 11 is 15.5. The first-order valence-corrected chi connectivity index (χ1v) is 8.02. The second kappa shape index (κ2) is 6.20. The Balaban J connectivity index is 2.53. The molecular weight excluding hydrogens is 469 g/mol. The van der Waals surface area contributed by atoms with E-state index in [0.717, 1.165) is 0 Å². The summed E-state index contributed by atoms with van der Waals surface area (Å²) in [5.41, 5.74) is 0.622. The highest BCUT2D eigenvalue weighted by molar-refractivity contribution is 9.11. The van der Waals surface area contributed by atoms with Crippen LogP contribution in [0.1, 0.15) is 16.0 Å². The Morgan fingerprint density at radius 3 is 2.37 bits per heavy atom. The minimum absolute atomic E-state index is 0.283. The van der Waals surface area contributed by atoms with Gasteiger partial charge in [-0.05, 0) is 50.1 Å². The normalized spacial score (nSPS) is 12.5. The third-order valence-corrected chi connectivity index (χ3v) is 5.36. The molecule has 0 fully saturated rings. The molecule has 0 aliphatic heterocycles. The molecule has 1 unspecified atom stereocenters. The highest BCUT2D eigenvalue weighted by Gasteiger charge is 2.20. The van der Waals surface area contributed by atoms with Gasteiger partial charge in [-0.2, -0.15) is 0 Å². The lowest BCUT2D eigenvalue weighted by atomic mass is 10.0. The van der Waals surface area contributed by atoms with E-state index in [2.05, 4.69) is 47.8 Å². The van der Waals surface area contributed by atoms with Gasteiger partial charge in [-0.3, -0.25) is 0 Å². The van der Waals surface area contributed by atoms with E-state index in [0.29, 0.717) is 19.5 Å². The topological polar surface area (TPSA) is 0 Å². The smallest absolute Gasteiger partial charge is 0.142 e. The highest BCUT2D eigenvalue weighted by Crippen LogP contribution is 2.38. The van der Waals surface area contributed by atoms with E-state index in [1.54, 1.807) is 18.2 Å². The first-order chi connectivity index (χ1) is 8.91. The van der Waals surface area contributed by atoms with Crippen molar-refractivity contribution in [2.75, 3.05) is 0 Å². The summed E-state index contributed by atoms with van der Waals surface area (Å²) < 4.78 is 28.7. The summed E-state index contributed by atoms with van der Waals surface area (Å²) in [6.45, 7) is 0. The summed E-state index contributed by atoms with van der Waals surface area (Å²) in [6.07, 6.45) is 0. The molecule has 0 heterocycles. The minimum atomic E-state index is -0.615. The van der Waals surface area contributed by atoms with Crippen LogP contribution in [0.15, 0.2) is 39.3 Å². The molecule has 2 aromatic rings. The van der Waals surface area contributed by atoms with Crippen LogP contribution in [0.5, 0.6) is 0 Å². The van der Waals surface area contributed by atoms with E-state index in [1.807, 2.05) is 0 Å². The maximum atomic E-state index is 14.0. The number of hydrogen-bond acceptors (Lipinski definition) is 0. The summed E-state index contributed by atoms with van der Waals surface area (Å²) in [5.74, 6) is -0.889. The van der Waals surface area contributed by atoms with Crippen molar-refractivity contribution in [1.82, 2.24) is 0 Å². The molecule has 2 rings (SSSR count). The van der Waals surface area contributed by atoms with Crippen molar-refractivity contribution in [1.29, 1.82) is 0 Å². The quantitative estimate of drug-likeness (QED) is 0.338. The van der Waals surface area contributed by atoms with Gasteiger partial charge in [0, 0.05) is 15.6 Å². The molecule has 0 nitrogen and oxygen atoms in total. The van der Waals surface area contributed by atoms with E-state index in [4.69, 9.17) is 11.6 Å². The van der Waals surface area contributed by atoms with Crippen molar-refractivity contribution >= 4 is 59.4 Å². The average molecular weight is 475 g/mol. The summed E-state index contributed by atoms with van der Waals surface area (Å²) in [4.78, 5) is -0.615. The zero-order valence-corrected chi connectivity index (χ0v) is 14.7. The molecule has 19 heavy (non-hydrogen) atoms. The summed E-state index contributed by atoms with van der Waals surface area (Å²) in [7, 11) is 0. The van der Waals surface area contributed by atoms with Crippen LogP contribution in [0, 0.1) is 11.6 Å². The Kier molecular flexibility index (Phi) is 5.04. The molecule has 100 valence electrons. The van der Waals surface area contributed by atoms with Crippen LogP contribution in [-0.4, -0.2) is 0 Å². The molecule has 0 aromatic heterocycles. The fraction of sp³-hybridized carbons (Fsp3) is 0.0769. The molecule has 1 atom stereocenters. The second-order valence-electron chi connectivity index (χ2n) is 3.79. The summed E-state index contributed by atoms with van der Waals surface area (Å²) in [6, 6.07) is 7.61. The monoisotopic (exact) mass is 472 g/mol. The zero-order chi connectivity index (χ0) is 14.2. The molecule has 0 aliphatic rings. The lowest BCUT2D eigenvalue weighted by molar-refractivity contribution is 0.594. The Hall–Kier alpha value is 0.0300. The molecule has 2 aromatic carbocycles. The van der Waals surface area contributed by atoms with Crippen molar-refractivity contribution in [3.8, 4) is 0 Å². The van der Waals surface area contributed by atoms with E-state index in [9.17, 15) is 8.78 Å². The van der Waals surface area contributed by atoms with Crippen LogP contribution < -0.4 is 0 Å². The first kappa shape index (κ1) is 15.4. The number of hydrogen-bond donors (Lipinski definition) is 0. The van der Waals surface area contributed by atoms with Gasteiger partial charge in [0.1, 0.15) is 11.6 Å². The second-order valence-corrected chi connectivity index (χ2v) is 6.82. The number of rotatable bonds is 2. The van der Waals surface area contributed by atoms with E-state index in [-0.39, 0.29) is 5.56 Å². The molecule has 6 heteroatoms. The van der Waals surface area contributed by atoms with Crippen LogP contribution in [0.25, 0.3) is 0 Å². The van der Waals surface area contributed by atoms with Crippen molar-refractivity contribution in [3.05, 3.63) is 67.1 Å². The minimum Gasteiger partial charge on any atom is -0.207 e. The average Bonchev–Trinajstić information content (AvgIpc) is 2.36. The van der Waals surface area contributed by atoms with E-state index in [1.165, 1.54) is 12.1 Å². The first-order valence-electron chi connectivity index (χ1n) is 5.14. The number of halogens is 6. The van der Waals surface area contributed by atoms with Gasteiger partial charge < -0.3 is 0 Å². The lowest BCUT2D eigenvalue weighted by Gasteiger charge is -2.14. The third kappa shape index (κ3) is 3.20. The molecule has 0 spiro atoms. The fourth-order valence-electron chi connectivity index (χ4n) is 1.62. The molecular formula is C13H6Br3ClF2. The van der Waals surface area contributed by atoms with Crippen LogP contribution in [0.3, 0.4) is 0 Å². The Bertz CT molecular complexity index is 632. The molecule has 0 amide bonds. The lowest BCUT2D eigenvalue weighted by Crippen LogP contribution is -2.00. The standard InChI is InChI=1S/C13H6Br3ClF2/c14-8-3-1-2-6(13(8)19)12(16)7-4-10(17)9(15)5-11(7)18/h1-5,12H. The van der Waals surface area contributed by atoms with E-state index < -0.39 is 16.5 Å². The van der Waals surface area contributed by atoms with Gasteiger partial charge in [-0.25, -0.2) is 8.78 Å². The number of benzene rings is 2. The largest absolute Gasteiger partial charge is 0.207 e. The maximum Gasteiger partial charge on any atom is 0.142 e. The van der Waals surface area contributed by atoms with Gasteiger partial charge in [-0.15, -0.1) is 0 Å². The molecule has 0 aliphatic carbocycles. The summed E-state index contributed by atoms with van der Waals surface area (Å²) in [5, 5.41) is 0.372. The molecule has 0 N–H and O–H groups in total. The third-order valence-electron chi connectivity index (χ3n) is 2.57. The van der Waals surface area contributed by atoms with E-state index >= 15 is 0 Å². The number of alkyl halides is 1. The Labute approximate surface area is 139 Å². The predicted octanol–water partition coefficient (Wildman–Crippen LogP) is 6.63. The SMILES string of the molecule is Fc1cc(Br)c(Cl)cc1C(Br)c1cccc(Br)c1F.